The number of halogens is 1. The Bertz CT molecular complexity index is 377. The van der Waals surface area contributed by atoms with Gasteiger partial charge in [0, 0.05) is 17.4 Å². The lowest BCUT2D eigenvalue weighted by Crippen LogP contribution is -2.11. The summed E-state index contributed by atoms with van der Waals surface area (Å²) < 4.78 is 1.05. The molecule has 1 aromatic rings. The molecule has 0 bridgehead atoms. The van der Waals surface area contributed by atoms with Crippen LogP contribution in [-0.4, -0.2) is 30.1 Å². The molecule has 0 saturated carbocycles. The molecular weight excluding hydrogens is 270 g/mol. The van der Waals surface area contributed by atoms with Crippen molar-refractivity contribution in [1.82, 2.24) is 4.90 Å². The zero-order valence-corrected chi connectivity index (χ0v) is 11.1. The molecule has 0 aliphatic rings. The monoisotopic (exact) mass is 285 g/mol. The molecule has 88 valence electrons. The number of hydrogen-bond acceptors (Lipinski definition) is 2. The summed E-state index contributed by atoms with van der Waals surface area (Å²) in [7, 11) is 4.04. The van der Waals surface area contributed by atoms with Gasteiger partial charge in [-0.15, -0.1) is 0 Å². The van der Waals surface area contributed by atoms with Crippen LogP contribution >= 0.6 is 15.9 Å². The predicted molar refractivity (Wildman–Crippen MR) is 67.5 cm³/mol. The topological polar surface area (TPSA) is 40.5 Å². The Morgan fingerprint density at radius 1 is 1.44 bits per heavy atom. The van der Waals surface area contributed by atoms with Crippen LogP contribution in [0.4, 0.5) is 0 Å². The Morgan fingerprint density at radius 2 is 2.12 bits per heavy atom. The highest BCUT2D eigenvalue weighted by Crippen LogP contribution is 2.20. The highest BCUT2D eigenvalue weighted by atomic mass is 79.9. The molecule has 0 heterocycles. The third-order valence-electron chi connectivity index (χ3n) is 2.23. The Balaban J connectivity index is 2.70. The summed E-state index contributed by atoms with van der Waals surface area (Å²) in [6, 6.07) is 6.04. The van der Waals surface area contributed by atoms with E-state index in [1.54, 1.807) is 0 Å². The molecule has 0 fully saturated rings. The van der Waals surface area contributed by atoms with E-state index in [4.69, 9.17) is 5.11 Å². The molecule has 1 rings (SSSR count). The van der Waals surface area contributed by atoms with E-state index in [2.05, 4.69) is 20.8 Å². The summed E-state index contributed by atoms with van der Waals surface area (Å²) in [5, 5.41) is 8.60. The van der Waals surface area contributed by atoms with Gasteiger partial charge >= 0.3 is 5.97 Å². The highest BCUT2D eigenvalue weighted by Gasteiger charge is 2.04. The van der Waals surface area contributed by atoms with E-state index in [-0.39, 0.29) is 6.42 Å². The molecule has 0 aliphatic heterocycles. The molecular formula is C12H16BrNO2. The van der Waals surface area contributed by atoms with Crippen LogP contribution in [0, 0.1) is 0 Å². The molecule has 1 aromatic carbocycles. The zero-order valence-electron chi connectivity index (χ0n) is 9.53. The summed E-state index contributed by atoms with van der Waals surface area (Å²) in [5.41, 5.74) is 2.26. The molecule has 0 unspecified atom stereocenters. The van der Waals surface area contributed by atoms with Crippen molar-refractivity contribution < 1.29 is 9.90 Å². The SMILES string of the molecule is CN(C)Cc1ccc(CCC(=O)O)cc1Br. The van der Waals surface area contributed by atoms with E-state index in [0.29, 0.717) is 6.42 Å². The lowest BCUT2D eigenvalue weighted by molar-refractivity contribution is -0.136. The minimum atomic E-state index is -0.756. The number of rotatable bonds is 5. The summed E-state index contributed by atoms with van der Waals surface area (Å²) in [6.45, 7) is 0.875. The Labute approximate surface area is 104 Å². The van der Waals surface area contributed by atoms with Crippen LogP contribution in [0.5, 0.6) is 0 Å². The second-order valence-corrected chi connectivity index (χ2v) is 4.91. The first-order chi connectivity index (χ1) is 7.49. The number of benzene rings is 1. The van der Waals surface area contributed by atoms with Crippen molar-refractivity contribution in [1.29, 1.82) is 0 Å². The van der Waals surface area contributed by atoms with Crippen LogP contribution < -0.4 is 0 Å². The second kappa shape index (κ2) is 6.01. The minimum Gasteiger partial charge on any atom is -0.481 e. The average Bonchev–Trinajstić information content (AvgIpc) is 2.18. The van der Waals surface area contributed by atoms with Gasteiger partial charge in [-0.3, -0.25) is 4.79 Å². The Morgan fingerprint density at radius 3 is 2.62 bits per heavy atom. The van der Waals surface area contributed by atoms with Gasteiger partial charge in [0.25, 0.3) is 0 Å². The van der Waals surface area contributed by atoms with Crippen molar-refractivity contribution in [2.24, 2.45) is 0 Å². The van der Waals surface area contributed by atoms with Gasteiger partial charge in [0.05, 0.1) is 0 Å². The van der Waals surface area contributed by atoms with Gasteiger partial charge in [-0.2, -0.15) is 0 Å². The number of hydrogen-bond donors (Lipinski definition) is 1. The van der Waals surface area contributed by atoms with E-state index in [1.165, 1.54) is 5.56 Å². The maximum absolute atomic E-state index is 10.5. The molecule has 0 spiro atoms. The quantitative estimate of drug-likeness (QED) is 0.904. The van der Waals surface area contributed by atoms with Gasteiger partial charge in [-0.1, -0.05) is 28.1 Å². The summed E-state index contributed by atoms with van der Waals surface area (Å²) in [5.74, 6) is -0.756. The number of carbonyl (C=O) groups is 1. The summed E-state index contributed by atoms with van der Waals surface area (Å²) in [6.07, 6.45) is 0.760. The molecule has 1 N–H and O–H groups in total. The van der Waals surface area contributed by atoms with Gasteiger partial charge < -0.3 is 10.0 Å². The molecule has 0 aromatic heterocycles. The molecule has 0 saturated heterocycles. The number of carboxylic acid groups (broad SMARTS) is 1. The van der Waals surface area contributed by atoms with Crippen molar-refractivity contribution in [2.45, 2.75) is 19.4 Å². The lowest BCUT2D eigenvalue weighted by Gasteiger charge is -2.12. The first-order valence-corrected chi connectivity index (χ1v) is 5.92. The third kappa shape index (κ3) is 4.33. The molecule has 0 radical (unpaired) electrons. The average molecular weight is 286 g/mol. The predicted octanol–water partition coefficient (Wildman–Crippen LogP) is 2.53. The minimum absolute atomic E-state index is 0.180. The molecule has 16 heavy (non-hydrogen) atoms. The molecule has 3 nitrogen and oxygen atoms in total. The zero-order chi connectivity index (χ0) is 12.1. The summed E-state index contributed by atoms with van der Waals surface area (Å²) in [4.78, 5) is 12.5. The van der Waals surface area contributed by atoms with Crippen molar-refractivity contribution in [3.63, 3.8) is 0 Å². The summed E-state index contributed by atoms with van der Waals surface area (Å²) >= 11 is 3.51. The van der Waals surface area contributed by atoms with E-state index in [1.807, 2.05) is 32.3 Å². The van der Waals surface area contributed by atoms with Gasteiger partial charge in [0.15, 0.2) is 0 Å². The lowest BCUT2D eigenvalue weighted by atomic mass is 10.1. The van der Waals surface area contributed by atoms with E-state index < -0.39 is 5.97 Å². The molecule has 0 atom stereocenters. The standard InChI is InChI=1S/C12H16BrNO2/c1-14(2)8-10-5-3-9(7-11(10)13)4-6-12(15)16/h3,5,7H,4,6,8H2,1-2H3,(H,15,16). The Hall–Kier alpha value is -0.870. The van der Waals surface area contributed by atoms with Crippen molar-refractivity contribution in [2.75, 3.05) is 14.1 Å². The first-order valence-electron chi connectivity index (χ1n) is 5.13. The van der Waals surface area contributed by atoms with Crippen LogP contribution in [-0.2, 0) is 17.8 Å². The number of aryl methyl sites for hydroxylation is 1. The second-order valence-electron chi connectivity index (χ2n) is 4.06. The van der Waals surface area contributed by atoms with Crippen LogP contribution in [0.1, 0.15) is 17.5 Å². The maximum Gasteiger partial charge on any atom is 0.303 e. The van der Waals surface area contributed by atoms with E-state index in [9.17, 15) is 4.79 Å². The van der Waals surface area contributed by atoms with Crippen molar-refractivity contribution in [3.8, 4) is 0 Å². The Kier molecular flexibility index (Phi) is 4.96. The van der Waals surface area contributed by atoms with Crippen LogP contribution in [0.15, 0.2) is 22.7 Å². The smallest absolute Gasteiger partial charge is 0.303 e. The van der Waals surface area contributed by atoms with Gasteiger partial charge in [0.2, 0.25) is 0 Å². The third-order valence-corrected chi connectivity index (χ3v) is 2.97. The van der Waals surface area contributed by atoms with Crippen molar-refractivity contribution in [3.05, 3.63) is 33.8 Å². The maximum atomic E-state index is 10.5. The normalized spacial score (nSPS) is 10.8. The molecule has 4 heteroatoms. The fraction of sp³-hybridized carbons (Fsp3) is 0.417. The largest absolute Gasteiger partial charge is 0.481 e. The highest BCUT2D eigenvalue weighted by molar-refractivity contribution is 9.10. The van der Waals surface area contributed by atoms with Crippen LogP contribution in [0.25, 0.3) is 0 Å². The molecule has 0 aliphatic carbocycles. The van der Waals surface area contributed by atoms with E-state index in [0.717, 1.165) is 16.6 Å². The first kappa shape index (κ1) is 13.2. The van der Waals surface area contributed by atoms with Crippen molar-refractivity contribution >= 4 is 21.9 Å². The number of carboxylic acids is 1. The number of aliphatic carboxylic acids is 1. The van der Waals surface area contributed by atoms with E-state index >= 15 is 0 Å². The fourth-order valence-electron chi connectivity index (χ4n) is 1.47. The van der Waals surface area contributed by atoms with Gasteiger partial charge in [0.1, 0.15) is 0 Å². The van der Waals surface area contributed by atoms with Crippen LogP contribution in [0.2, 0.25) is 0 Å². The molecule has 0 amide bonds. The number of nitrogens with zero attached hydrogens (tertiary/aromatic N) is 1. The van der Waals surface area contributed by atoms with Crippen LogP contribution in [0.3, 0.4) is 0 Å². The fourth-order valence-corrected chi connectivity index (χ4v) is 2.02. The van der Waals surface area contributed by atoms with Gasteiger partial charge in [-0.25, -0.2) is 0 Å². The van der Waals surface area contributed by atoms with Gasteiger partial charge in [-0.05, 0) is 37.7 Å².